The van der Waals surface area contributed by atoms with E-state index in [0.29, 0.717) is 0 Å². The standard InChI is InChI=1S/C54H34N2O/c1-2-12-39(13-3-1)55-48-20-7-4-14-43(48)45-33-30-38(34-50(45)55)42-18-10-19-46-44-15-5-8-21-49(44)56(54(42)46)40-31-28-36(29-32-40)35-24-26-37(27-25-35)41-17-11-23-52-53(41)47-16-6-9-22-51(47)57-52/h1-34H. The number of benzene rings is 9. The SMILES string of the molecule is c1ccc(-n2c3ccccc3c3ccc(-c4cccc5c6ccccc6n(-c6ccc(-c7ccc(-c8cccc9oc%10ccccc%10c89)cc7)cc6)c45)cc32)cc1. The summed E-state index contributed by atoms with van der Waals surface area (Å²) in [7, 11) is 0. The fourth-order valence-electron chi connectivity index (χ4n) is 9.17. The molecular weight excluding hydrogens is 693 g/mol. The van der Waals surface area contributed by atoms with Gasteiger partial charge in [-0.2, -0.15) is 0 Å². The molecule has 0 radical (unpaired) electrons. The first-order chi connectivity index (χ1) is 28.3. The van der Waals surface area contributed by atoms with Gasteiger partial charge in [0.15, 0.2) is 0 Å². The maximum atomic E-state index is 6.18. The molecule has 12 aromatic rings. The molecule has 0 atom stereocenters. The van der Waals surface area contributed by atoms with E-state index in [1.807, 2.05) is 12.1 Å². The van der Waals surface area contributed by atoms with E-state index in [-0.39, 0.29) is 0 Å². The van der Waals surface area contributed by atoms with Gasteiger partial charge in [-0.25, -0.2) is 0 Å². The van der Waals surface area contributed by atoms with Crippen LogP contribution in [-0.4, -0.2) is 9.13 Å². The molecule has 0 amide bonds. The lowest BCUT2D eigenvalue weighted by Crippen LogP contribution is -1.96. The number of aromatic nitrogens is 2. The number of hydrogen-bond acceptors (Lipinski definition) is 1. The van der Waals surface area contributed by atoms with Gasteiger partial charge >= 0.3 is 0 Å². The Labute approximate surface area is 328 Å². The summed E-state index contributed by atoms with van der Waals surface area (Å²) < 4.78 is 11.0. The minimum Gasteiger partial charge on any atom is -0.456 e. The third-order valence-corrected chi connectivity index (χ3v) is 11.8. The Morgan fingerprint density at radius 2 is 0.825 bits per heavy atom. The molecule has 0 fully saturated rings. The van der Waals surface area contributed by atoms with Crippen LogP contribution < -0.4 is 0 Å². The van der Waals surface area contributed by atoms with Crippen molar-refractivity contribution in [3.8, 4) is 44.8 Å². The molecule has 0 aliphatic carbocycles. The first-order valence-electron chi connectivity index (χ1n) is 19.5. The van der Waals surface area contributed by atoms with Gasteiger partial charge in [0.2, 0.25) is 0 Å². The predicted molar refractivity (Wildman–Crippen MR) is 239 cm³/mol. The highest BCUT2D eigenvalue weighted by molar-refractivity contribution is 6.16. The van der Waals surface area contributed by atoms with E-state index in [2.05, 4.69) is 203 Å². The fraction of sp³-hybridized carbons (Fsp3) is 0. The summed E-state index contributed by atoms with van der Waals surface area (Å²) in [6, 6.07) is 74.5. The highest BCUT2D eigenvalue weighted by Gasteiger charge is 2.19. The molecule has 57 heavy (non-hydrogen) atoms. The molecule has 3 heteroatoms. The Balaban J connectivity index is 0.976. The minimum absolute atomic E-state index is 0.914. The van der Waals surface area contributed by atoms with Gasteiger partial charge in [0, 0.05) is 49.3 Å². The lowest BCUT2D eigenvalue weighted by molar-refractivity contribution is 0.669. The van der Waals surface area contributed by atoms with E-state index in [1.54, 1.807) is 0 Å². The van der Waals surface area contributed by atoms with Crippen molar-refractivity contribution in [1.29, 1.82) is 0 Å². The van der Waals surface area contributed by atoms with Crippen LogP contribution in [0.25, 0.3) is 110 Å². The molecule has 0 bridgehead atoms. The van der Waals surface area contributed by atoms with E-state index in [1.165, 1.54) is 77.0 Å². The minimum atomic E-state index is 0.914. The molecule has 0 saturated carbocycles. The lowest BCUT2D eigenvalue weighted by Gasteiger charge is -2.13. The molecule has 0 unspecified atom stereocenters. The van der Waals surface area contributed by atoms with Crippen molar-refractivity contribution in [3.05, 3.63) is 206 Å². The first kappa shape index (κ1) is 31.7. The summed E-state index contributed by atoms with van der Waals surface area (Å²) in [4.78, 5) is 0. The molecule has 0 spiro atoms. The first-order valence-corrected chi connectivity index (χ1v) is 19.5. The predicted octanol–water partition coefficient (Wildman–Crippen LogP) is 14.8. The van der Waals surface area contributed by atoms with Gasteiger partial charge in [0.25, 0.3) is 0 Å². The quantitative estimate of drug-likeness (QED) is 0.173. The third-order valence-electron chi connectivity index (χ3n) is 11.8. The summed E-state index contributed by atoms with van der Waals surface area (Å²) >= 11 is 0. The maximum Gasteiger partial charge on any atom is 0.136 e. The van der Waals surface area contributed by atoms with Crippen molar-refractivity contribution in [2.24, 2.45) is 0 Å². The van der Waals surface area contributed by atoms with Crippen LogP contribution in [0.15, 0.2) is 211 Å². The Morgan fingerprint density at radius 1 is 0.298 bits per heavy atom. The van der Waals surface area contributed by atoms with Crippen LogP contribution in [0.5, 0.6) is 0 Å². The fourth-order valence-corrected chi connectivity index (χ4v) is 9.17. The van der Waals surface area contributed by atoms with Crippen molar-refractivity contribution in [3.63, 3.8) is 0 Å². The maximum absolute atomic E-state index is 6.18. The van der Waals surface area contributed by atoms with Gasteiger partial charge in [-0.05, 0) is 82.4 Å². The summed E-state index contributed by atoms with van der Waals surface area (Å²) in [5.41, 5.74) is 16.0. The molecule has 9 aromatic carbocycles. The van der Waals surface area contributed by atoms with Gasteiger partial charge in [-0.3, -0.25) is 0 Å². The van der Waals surface area contributed by atoms with E-state index < -0.39 is 0 Å². The lowest BCUT2D eigenvalue weighted by atomic mass is 9.97. The average Bonchev–Trinajstić information content (AvgIpc) is 3.94. The Hall–Kier alpha value is -7.62. The topological polar surface area (TPSA) is 23.0 Å². The highest BCUT2D eigenvalue weighted by Crippen LogP contribution is 2.42. The van der Waals surface area contributed by atoms with Crippen molar-refractivity contribution in [2.75, 3.05) is 0 Å². The molecule has 3 nitrogen and oxygen atoms in total. The van der Waals surface area contributed by atoms with Crippen LogP contribution in [-0.2, 0) is 0 Å². The van der Waals surface area contributed by atoms with Gasteiger partial charge in [0.05, 0.1) is 22.1 Å². The number of fused-ring (bicyclic) bond motifs is 9. The monoisotopic (exact) mass is 726 g/mol. The van der Waals surface area contributed by atoms with Gasteiger partial charge < -0.3 is 13.6 Å². The van der Waals surface area contributed by atoms with E-state index >= 15 is 0 Å². The molecule has 0 aliphatic rings. The normalized spacial score (nSPS) is 11.9. The van der Waals surface area contributed by atoms with Crippen LogP contribution in [0.1, 0.15) is 0 Å². The zero-order chi connectivity index (χ0) is 37.5. The second-order valence-corrected chi connectivity index (χ2v) is 14.9. The molecular formula is C54H34N2O. The van der Waals surface area contributed by atoms with Crippen LogP contribution in [0.3, 0.4) is 0 Å². The van der Waals surface area contributed by atoms with Gasteiger partial charge in [0.1, 0.15) is 11.2 Å². The van der Waals surface area contributed by atoms with Crippen molar-refractivity contribution in [2.45, 2.75) is 0 Å². The Kier molecular flexibility index (Phi) is 6.93. The van der Waals surface area contributed by atoms with Crippen LogP contribution >= 0.6 is 0 Å². The third kappa shape index (κ3) is 4.86. The summed E-state index contributed by atoms with van der Waals surface area (Å²) in [5, 5.41) is 7.30. The summed E-state index contributed by atoms with van der Waals surface area (Å²) in [6.07, 6.45) is 0. The zero-order valence-electron chi connectivity index (χ0n) is 30.9. The molecule has 0 saturated heterocycles. The second-order valence-electron chi connectivity index (χ2n) is 14.9. The Morgan fingerprint density at radius 3 is 1.61 bits per heavy atom. The average molecular weight is 727 g/mol. The molecule has 3 aromatic heterocycles. The van der Waals surface area contributed by atoms with Gasteiger partial charge in [-0.15, -0.1) is 0 Å². The smallest absolute Gasteiger partial charge is 0.136 e. The molecule has 0 N–H and O–H groups in total. The number of rotatable bonds is 5. The van der Waals surface area contributed by atoms with Crippen LogP contribution in [0, 0.1) is 0 Å². The van der Waals surface area contributed by atoms with Crippen molar-refractivity contribution >= 4 is 65.6 Å². The highest BCUT2D eigenvalue weighted by atomic mass is 16.3. The molecule has 3 heterocycles. The summed E-state index contributed by atoms with van der Waals surface area (Å²) in [5.74, 6) is 0. The van der Waals surface area contributed by atoms with E-state index in [4.69, 9.17) is 4.42 Å². The number of hydrogen-bond donors (Lipinski definition) is 0. The number of nitrogens with zero attached hydrogens (tertiary/aromatic N) is 2. The molecule has 266 valence electrons. The molecule has 12 rings (SSSR count). The van der Waals surface area contributed by atoms with E-state index in [0.717, 1.165) is 33.3 Å². The number of para-hydroxylation sites is 5. The van der Waals surface area contributed by atoms with Crippen LogP contribution in [0.4, 0.5) is 0 Å². The van der Waals surface area contributed by atoms with Crippen molar-refractivity contribution in [1.82, 2.24) is 9.13 Å². The second kappa shape index (κ2) is 12.5. The largest absolute Gasteiger partial charge is 0.456 e. The van der Waals surface area contributed by atoms with Crippen LogP contribution in [0.2, 0.25) is 0 Å². The Bertz CT molecular complexity index is 3490. The number of furan rings is 1. The van der Waals surface area contributed by atoms with Gasteiger partial charge in [-0.1, -0.05) is 152 Å². The molecule has 0 aliphatic heterocycles. The van der Waals surface area contributed by atoms with E-state index in [9.17, 15) is 0 Å². The van der Waals surface area contributed by atoms with Crippen molar-refractivity contribution < 1.29 is 4.42 Å². The zero-order valence-corrected chi connectivity index (χ0v) is 30.9. The summed E-state index contributed by atoms with van der Waals surface area (Å²) in [6.45, 7) is 0.